The van der Waals surface area contributed by atoms with Gasteiger partial charge in [-0.2, -0.15) is 0 Å². The zero-order chi connectivity index (χ0) is 17.0. The van der Waals surface area contributed by atoms with Gasteiger partial charge < -0.3 is 10.1 Å². The maximum absolute atomic E-state index is 6.08. The molecule has 0 spiro atoms. The van der Waals surface area contributed by atoms with Crippen LogP contribution in [-0.4, -0.2) is 47.2 Å². The van der Waals surface area contributed by atoms with E-state index in [1.54, 1.807) is 0 Å². The molecule has 2 aliphatic heterocycles. The fourth-order valence-corrected chi connectivity index (χ4v) is 4.29. The van der Waals surface area contributed by atoms with E-state index >= 15 is 0 Å². The number of fused-ring (bicyclic) bond motifs is 1. The number of rotatable bonds is 6. The maximum atomic E-state index is 6.08. The molecule has 2 fully saturated rings. The lowest BCUT2D eigenvalue weighted by molar-refractivity contribution is -0.0228. The third-order valence-corrected chi connectivity index (χ3v) is 5.57. The highest BCUT2D eigenvalue weighted by Gasteiger charge is 2.47. The second-order valence-corrected chi connectivity index (χ2v) is 7.22. The third kappa shape index (κ3) is 3.83. The molecule has 25 heavy (non-hydrogen) atoms. The molecule has 5 nitrogen and oxygen atoms in total. The maximum Gasteiger partial charge on any atom is 0.125 e. The van der Waals surface area contributed by atoms with Gasteiger partial charge in [0.1, 0.15) is 5.82 Å². The second-order valence-electron chi connectivity index (χ2n) is 7.22. The minimum absolute atomic E-state index is 0.266. The Morgan fingerprint density at radius 2 is 2.24 bits per heavy atom. The fourth-order valence-electron chi connectivity index (χ4n) is 4.29. The first-order chi connectivity index (χ1) is 12.3. The topological polar surface area (TPSA) is 50.3 Å². The Morgan fingerprint density at radius 3 is 3.08 bits per heavy atom. The minimum Gasteiger partial charge on any atom is -0.378 e. The number of anilines is 1. The van der Waals surface area contributed by atoms with Gasteiger partial charge in [0.05, 0.1) is 6.10 Å². The molecule has 0 radical (unpaired) electrons. The second kappa shape index (κ2) is 7.50. The van der Waals surface area contributed by atoms with E-state index in [1.165, 1.54) is 5.56 Å². The van der Waals surface area contributed by atoms with Gasteiger partial charge >= 0.3 is 0 Å². The Kier molecular flexibility index (Phi) is 4.95. The average molecular weight is 338 g/mol. The number of likely N-dealkylation sites (tertiary alicyclic amines) is 1. The molecule has 5 heteroatoms. The van der Waals surface area contributed by atoms with Crippen LogP contribution in [0.5, 0.6) is 0 Å². The Labute approximate surface area is 149 Å². The van der Waals surface area contributed by atoms with Crippen molar-refractivity contribution in [2.75, 3.05) is 31.6 Å². The summed E-state index contributed by atoms with van der Waals surface area (Å²) in [7, 11) is 0. The lowest BCUT2D eigenvalue weighted by atomic mass is 9.74. The van der Waals surface area contributed by atoms with Crippen molar-refractivity contribution in [3.63, 3.8) is 0 Å². The number of nitrogens with one attached hydrogen (secondary N) is 1. The van der Waals surface area contributed by atoms with Crippen LogP contribution in [0.3, 0.4) is 0 Å². The molecule has 2 atom stereocenters. The first-order valence-electron chi connectivity index (χ1n) is 9.22. The summed E-state index contributed by atoms with van der Waals surface area (Å²) in [4.78, 5) is 11.2. The Balaban J connectivity index is 1.38. The minimum atomic E-state index is 0.266. The molecule has 0 unspecified atom stereocenters. The van der Waals surface area contributed by atoms with E-state index in [2.05, 4.69) is 26.3 Å². The molecule has 1 N–H and O–H groups in total. The number of nitrogens with zero attached hydrogens (tertiary/aromatic N) is 3. The molecule has 0 aromatic carbocycles. The van der Waals surface area contributed by atoms with E-state index in [0.717, 1.165) is 57.9 Å². The van der Waals surface area contributed by atoms with E-state index in [9.17, 15) is 0 Å². The highest BCUT2D eigenvalue weighted by Crippen LogP contribution is 2.43. The third-order valence-electron chi connectivity index (χ3n) is 5.57. The van der Waals surface area contributed by atoms with Gasteiger partial charge in [0, 0.05) is 56.8 Å². The average Bonchev–Trinajstić information content (AvgIpc) is 3.06. The summed E-state index contributed by atoms with van der Waals surface area (Å²) in [6, 6.07) is 10.2. The summed E-state index contributed by atoms with van der Waals surface area (Å²) in [5, 5.41) is 3.47. The van der Waals surface area contributed by atoms with Gasteiger partial charge in [-0.15, -0.1) is 0 Å². The van der Waals surface area contributed by atoms with Crippen molar-refractivity contribution in [2.45, 2.75) is 31.9 Å². The van der Waals surface area contributed by atoms with E-state index in [1.807, 2.05) is 42.9 Å². The van der Waals surface area contributed by atoms with Gasteiger partial charge in [-0.05, 0) is 43.0 Å². The Morgan fingerprint density at radius 1 is 1.24 bits per heavy atom. The highest BCUT2D eigenvalue weighted by molar-refractivity contribution is 5.32. The Bertz CT molecular complexity index is 666. The molecule has 2 aromatic heterocycles. The molecule has 0 bridgehead atoms. The summed E-state index contributed by atoms with van der Waals surface area (Å²) >= 11 is 0. The van der Waals surface area contributed by atoms with Crippen LogP contribution in [0.15, 0.2) is 48.9 Å². The van der Waals surface area contributed by atoms with Crippen molar-refractivity contribution in [3.8, 4) is 0 Å². The summed E-state index contributed by atoms with van der Waals surface area (Å²) in [6.45, 7) is 5.04. The molecule has 0 aliphatic carbocycles. The van der Waals surface area contributed by atoms with Crippen LogP contribution < -0.4 is 5.32 Å². The number of pyridine rings is 2. The summed E-state index contributed by atoms with van der Waals surface area (Å²) in [5.41, 5.74) is 1.56. The Hall–Kier alpha value is -1.98. The van der Waals surface area contributed by atoms with Gasteiger partial charge in [0.15, 0.2) is 0 Å². The molecule has 132 valence electrons. The normalized spacial score (nSPS) is 26.3. The van der Waals surface area contributed by atoms with Gasteiger partial charge in [0.25, 0.3) is 0 Å². The SMILES string of the molecule is c1ccc(NCC[C@@]23CCO[C@@H]2CCN(Cc2cccnc2)C3)nc1. The monoisotopic (exact) mass is 338 g/mol. The highest BCUT2D eigenvalue weighted by atomic mass is 16.5. The first kappa shape index (κ1) is 16.5. The molecule has 2 aliphatic rings. The van der Waals surface area contributed by atoms with Crippen molar-refractivity contribution < 1.29 is 4.74 Å². The predicted molar refractivity (Wildman–Crippen MR) is 98.3 cm³/mol. The number of hydrogen-bond donors (Lipinski definition) is 1. The standard InChI is InChI=1S/C20H26N4O/c1-2-10-22-19(5-1)23-11-7-20-8-13-25-18(20)6-12-24(16-20)15-17-4-3-9-21-14-17/h1-5,9-10,14,18H,6-8,11-13,15-16H2,(H,22,23)/t18-,20+/m1/s1. The van der Waals surface area contributed by atoms with Crippen LogP contribution >= 0.6 is 0 Å². The number of piperidine rings is 1. The number of hydrogen-bond acceptors (Lipinski definition) is 5. The van der Waals surface area contributed by atoms with Crippen molar-refractivity contribution >= 4 is 5.82 Å². The lowest BCUT2D eigenvalue weighted by Crippen LogP contribution is -2.49. The van der Waals surface area contributed by atoms with Gasteiger partial charge in [-0.1, -0.05) is 12.1 Å². The summed E-state index contributed by atoms with van der Waals surface area (Å²) < 4.78 is 6.08. The zero-order valence-electron chi connectivity index (χ0n) is 14.6. The van der Waals surface area contributed by atoms with Crippen molar-refractivity contribution in [3.05, 3.63) is 54.5 Å². The van der Waals surface area contributed by atoms with Crippen LogP contribution in [-0.2, 0) is 11.3 Å². The van der Waals surface area contributed by atoms with E-state index in [0.29, 0.717) is 6.10 Å². The van der Waals surface area contributed by atoms with E-state index in [4.69, 9.17) is 4.74 Å². The van der Waals surface area contributed by atoms with Gasteiger partial charge in [-0.3, -0.25) is 9.88 Å². The lowest BCUT2D eigenvalue weighted by Gasteiger charge is -2.44. The van der Waals surface area contributed by atoms with Crippen molar-refractivity contribution in [1.29, 1.82) is 0 Å². The number of ether oxygens (including phenoxy) is 1. The molecular formula is C20H26N4O. The molecule has 2 saturated heterocycles. The molecule has 0 amide bonds. The zero-order valence-corrected chi connectivity index (χ0v) is 14.6. The van der Waals surface area contributed by atoms with E-state index in [-0.39, 0.29) is 5.41 Å². The van der Waals surface area contributed by atoms with Gasteiger partial charge in [0.2, 0.25) is 0 Å². The van der Waals surface area contributed by atoms with E-state index < -0.39 is 0 Å². The molecule has 4 heterocycles. The molecule has 4 rings (SSSR count). The van der Waals surface area contributed by atoms with Crippen molar-refractivity contribution in [2.24, 2.45) is 5.41 Å². The van der Waals surface area contributed by atoms with Crippen LogP contribution in [0.1, 0.15) is 24.8 Å². The first-order valence-corrected chi connectivity index (χ1v) is 9.22. The van der Waals surface area contributed by atoms with Crippen LogP contribution in [0.2, 0.25) is 0 Å². The fraction of sp³-hybridized carbons (Fsp3) is 0.500. The van der Waals surface area contributed by atoms with Gasteiger partial charge in [-0.25, -0.2) is 4.98 Å². The smallest absolute Gasteiger partial charge is 0.125 e. The molecular weight excluding hydrogens is 312 g/mol. The summed E-state index contributed by atoms with van der Waals surface area (Å²) in [5.74, 6) is 0.956. The van der Waals surface area contributed by atoms with Crippen LogP contribution in [0, 0.1) is 5.41 Å². The van der Waals surface area contributed by atoms with Crippen LogP contribution in [0.4, 0.5) is 5.82 Å². The predicted octanol–water partition coefficient (Wildman–Crippen LogP) is 2.96. The molecule has 2 aromatic rings. The largest absolute Gasteiger partial charge is 0.378 e. The molecule has 0 saturated carbocycles. The van der Waals surface area contributed by atoms with Crippen LogP contribution in [0.25, 0.3) is 0 Å². The van der Waals surface area contributed by atoms with Crippen molar-refractivity contribution in [1.82, 2.24) is 14.9 Å². The summed E-state index contributed by atoms with van der Waals surface area (Å²) in [6.07, 6.45) is 9.46. The number of aromatic nitrogens is 2. The quantitative estimate of drug-likeness (QED) is 0.877.